The number of nitrogens with one attached hydrogen (secondary N) is 1. The summed E-state index contributed by atoms with van der Waals surface area (Å²) in [7, 11) is 0. The Hall–Kier alpha value is -2.57. The summed E-state index contributed by atoms with van der Waals surface area (Å²) in [6.45, 7) is 0. The van der Waals surface area contributed by atoms with Crippen molar-refractivity contribution in [3.05, 3.63) is 53.9 Å². The van der Waals surface area contributed by atoms with E-state index in [1.54, 1.807) is 0 Å². The van der Waals surface area contributed by atoms with Crippen molar-refractivity contribution >= 4 is 11.6 Å². The van der Waals surface area contributed by atoms with Gasteiger partial charge in [-0.1, -0.05) is 0 Å². The third-order valence-electron chi connectivity index (χ3n) is 2.44. The highest BCUT2D eigenvalue weighted by atomic mass is 19.4. The molecule has 1 amide bonds. The number of aromatic hydroxyl groups is 1. The van der Waals surface area contributed by atoms with Crippen LogP contribution >= 0.6 is 0 Å². The molecule has 2 N–H and O–H groups in total. The lowest BCUT2D eigenvalue weighted by Gasteiger charge is -2.08. The zero-order chi connectivity index (χ0) is 14.8. The Morgan fingerprint density at radius 2 is 1.75 bits per heavy atom. The molecule has 0 saturated carbocycles. The van der Waals surface area contributed by atoms with Gasteiger partial charge in [-0.3, -0.25) is 4.79 Å². The second-order valence-corrected chi connectivity index (χ2v) is 3.93. The Kier molecular flexibility index (Phi) is 3.60. The van der Waals surface area contributed by atoms with Crippen LogP contribution in [0.25, 0.3) is 0 Å². The Morgan fingerprint density at radius 1 is 1.10 bits per heavy atom. The summed E-state index contributed by atoms with van der Waals surface area (Å²) in [5.74, 6) is -0.496. The molecule has 1 heterocycles. The van der Waals surface area contributed by atoms with Crippen LogP contribution in [0.3, 0.4) is 0 Å². The molecule has 104 valence electrons. The lowest BCUT2D eigenvalue weighted by molar-refractivity contribution is -0.141. The van der Waals surface area contributed by atoms with Gasteiger partial charge in [0.15, 0.2) is 0 Å². The van der Waals surface area contributed by atoms with Crippen LogP contribution in [0.1, 0.15) is 16.1 Å². The molecule has 0 atom stereocenters. The molecular formula is C13H9F3N2O2. The van der Waals surface area contributed by atoms with Crippen molar-refractivity contribution in [3.8, 4) is 5.75 Å². The number of hydrogen-bond acceptors (Lipinski definition) is 3. The van der Waals surface area contributed by atoms with E-state index in [1.807, 2.05) is 0 Å². The van der Waals surface area contributed by atoms with Crippen LogP contribution in [-0.2, 0) is 6.18 Å². The number of phenols is 1. The van der Waals surface area contributed by atoms with Crippen molar-refractivity contribution in [2.75, 3.05) is 5.32 Å². The van der Waals surface area contributed by atoms with E-state index in [9.17, 15) is 18.0 Å². The largest absolute Gasteiger partial charge is 0.508 e. The zero-order valence-corrected chi connectivity index (χ0v) is 9.98. The molecule has 0 aliphatic carbocycles. The molecule has 0 bridgehead atoms. The molecule has 2 rings (SSSR count). The monoisotopic (exact) mass is 282 g/mol. The number of rotatable bonds is 2. The van der Waals surface area contributed by atoms with Crippen LogP contribution < -0.4 is 5.32 Å². The van der Waals surface area contributed by atoms with Crippen LogP contribution in [0.4, 0.5) is 18.9 Å². The number of aromatic nitrogens is 1. The first-order valence-electron chi connectivity index (χ1n) is 5.50. The Bertz CT molecular complexity index is 607. The average molecular weight is 282 g/mol. The fraction of sp³-hybridized carbons (Fsp3) is 0.0769. The summed E-state index contributed by atoms with van der Waals surface area (Å²) in [6, 6.07) is 7.35. The number of alkyl halides is 3. The normalized spacial score (nSPS) is 11.2. The summed E-state index contributed by atoms with van der Waals surface area (Å²) in [4.78, 5) is 15.0. The maximum Gasteiger partial charge on any atom is 0.433 e. The Morgan fingerprint density at radius 3 is 2.25 bits per heavy atom. The SMILES string of the molecule is O=C(Nc1ccc(C(F)(F)F)nc1)c1ccc(O)cc1. The molecule has 0 radical (unpaired) electrons. The lowest BCUT2D eigenvalue weighted by Crippen LogP contribution is -2.13. The fourth-order valence-corrected chi connectivity index (χ4v) is 1.45. The first-order valence-corrected chi connectivity index (χ1v) is 5.50. The molecule has 0 unspecified atom stereocenters. The first kappa shape index (κ1) is 13.9. The highest BCUT2D eigenvalue weighted by molar-refractivity contribution is 6.04. The van der Waals surface area contributed by atoms with Gasteiger partial charge in [-0.15, -0.1) is 0 Å². The number of benzene rings is 1. The topological polar surface area (TPSA) is 62.2 Å². The maximum absolute atomic E-state index is 12.3. The van der Waals surface area contributed by atoms with Gasteiger partial charge in [-0.25, -0.2) is 4.98 Å². The van der Waals surface area contributed by atoms with Crippen LogP contribution in [0.15, 0.2) is 42.6 Å². The van der Waals surface area contributed by atoms with Crippen molar-refractivity contribution in [1.82, 2.24) is 4.98 Å². The van der Waals surface area contributed by atoms with Gasteiger partial charge >= 0.3 is 6.18 Å². The summed E-state index contributed by atoms with van der Waals surface area (Å²) in [5, 5.41) is 11.5. The molecule has 0 spiro atoms. The summed E-state index contributed by atoms with van der Waals surface area (Å²) >= 11 is 0. The quantitative estimate of drug-likeness (QED) is 0.889. The molecule has 0 aliphatic rings. The van der Waals surface area contributed by atoms with Gasteiger partial charge in [0.1, 0.15) is 11.4 Å². The predicted octanol–water partition coefficient (Wildman–Crippen LogP) is 3.06. The Labute approximate surface area is 111 Å². The predicted molar refractivity (Wildman–Crippen MR) is 65.3 cm³/mol. The number of nitrogens with zero attached hydrogens (tertiary/aromatic N) is 1. The van der Waals surface area contributed by atoms with Crippen LogP contribution in [0.5, 0.6) is 5.75 Å². The van der Waals surface area contributed by atoms with Crippen LogP contribution in [0.2, 0.25) is 0 Å². The van der Waals surface area contributed by atoms with E-state index in [1.165, 1.54) is 24.3 Å². The van der Waals surface area contributed by atoms with Gasteiger partial charge < -0.3 is 10.4 Å². The van der Waals surface area contributed by atoms with Gasteiger partial charge in [0, 0.05) is 5.56 Å². The van der Waals surface area contributed by atoms with Gasteiger partial charge in [0.05, 0.1) is 11.9 Å². The summed E-state index contributed by atoms with van der Waals surface area (Å²) in [6.07, 6.45) is -3.58. The standard InChI is InChI=1S/C13H9F3N2O2/c14-13(15,16)11-6-3-9(7-17-11)18-12(20)8-1-4-10(19)5-2-8/h1-7,19H,(H,18,20). The van der Waals surface area contributed by atoms with Crippen LogP contribution in [0, 0.1) is 0 Å². The molecule has 0 fully saturated rings. The van der Waals surface area contributed by atoms with Crippen LogP contribution in [-0.4, -0.2) is 16.0 Å². The minimum absolute atomic E-state index is 0.0118. The second-order valence-electron chi connectivity index (χ2n) is 3.93. The van der Waals surface area contributed by atoms with E-state index in [-0.39, 0.29) is 17.0 Å². The molecule has 2 aromatic rings. The maximum atomic E-state index is 12.3. The molecule has 7 heteroatoms. The molecular weight excluding hydrogens is 273 g/mol. The molecule has 4 nitrogen and oxygen atoms in total. The van der Waals surface area contributed by atoms with Crippen molar-refractivity contribution in [1.29, 1.82) is 0 Å². The number of halogens is 3. The first-order chi connectivity index (χ1) is 9.36. The highest BCUT2D eigenvalue weighted by Crippen LogP contribution is 2.27. The molecule has 20 heavy (non-hydrogen) atoms. The number of pyridine rings is 1. The van der Waals surface area contributed by atoms with Crippen molar-refractivity contribution in [3.63, 3.8) is 0 Å². The van der Waals surface area contributed by atoms with Crippen molar-refractivity contribution in [2.24, 2.45) is 0 Å². The third kappa shape index (κ3) is 3.25. The number of carbonyl (C=O) groups excluding carboxylic acids is 1. The highest BCUT2D eigenvalue weighted by Gasteiger charge is 2.32. The fourth-order valence-electron chi connectivity index (χ4n) is 1.45. The Balaban J connectivity index is 2.10. The zero-order valence-electron chi connectivity index (χ0n) is 9.98. The van der Waals surface area contributed by atoms with Crippen molar-refractivity contribution < 1.29 is 23.1 Å². The molecule has 0 aliphatic heterocycles. The molecule has 1 aromatic heterocycles. The summed E-state index contributed by atoms with van der Waals surface area (Å²) in [5.41, 5.74) is -0.612. The number of anilines is 1. The second kappa shape index (κ2) is 5.20. The smallest absolute Gasteiger partial charge is 0.433 e. The number of carbonyl (C=O) groups is 1. The molecule has 0 saturated heterocycles. The van der Waals surface area contributed by atoms with Gasteiger partial charge in [0.2, 0.25) is 0 Å². The van der Waals surface area contributed by atoms with Gasteiger partial charge in [0.25, 0.3) is 5.91 Å². The van der Waals surface area contributed by atoms with Gasteiger partial charge in [-0.2, -0.15) is 13.2 Å². The average Bonchev–Trinajstić information content (AvgIpc) is 2.39. The van der Waals surface area contributed by atoms with E-state index in [2.05, 4.69) is 10.3 Å². The number of phenolic OH excluding ortho intramolecular Hbond substituents is 1. The number of hydrogen-bond donors (Lipinski definition) is 2. The summed E-state index contributed by atoms with van der Waals surface area (Å²) < 4.78 is 36.9. The molecule has 1 aromatic carbocycles. The van der Waals surface area contributed by atoms with E-state index >= 15 is 0 Å². The van der Waals surface area contributed by atoms with E-state index in [4.69, 9.17) is 5.11 Å². The van der Waals surface area contributed by atoms with Gasteiger partial charge in [-0.05, 0) is 36.4 Å². The minimum atomic E-state index is -4.51. The third-order valence-corrected chi connectivity index (χ3v) is 2.44. The lowest BCUT2D eigenvalue weighted by atomic mass is 10.2. The van der Waals surface area contributed by atoms with E-state index < -0.39 is 17.8 Å². The number of amides is 1. The van der Waals surface area contributed by atoms with E-state index in [0.29, 0.717) is 0 Å². The van der Waals surface area contributed by atoms with Crippen molar-refractivity contribution in [2.45, 2.75) is 6.18 Å². The minimum Gasteiger partial charge on any atom is -0.508 e. The van der Waals surface area contributed by atoms with E-state index in [0.717, 1.165) is 18.3 Å².